The van der Waals surface area contributed by atoms with Gasteiger partial charge in [0.15, 0.2) is 0 Å². The van der Waals surface area contributed by atoms with Gasteiger partial charge in [0.2, 0.25) is 5.91 Å². The lowest BCUT2D eigenvalue weighted by Crippen LogP contribution is -2.32. The minimum atomic E-state index is 0.347. The van der Waals surface area contributed by atoms with Crippen LogP contribution in [0.25, 0.3) is 0 Å². The lowest BCUT2D eigenvalue weighted by Gasteiger charge is -2.29. The van der Waals surface area contributed by atoms with E-state index in [1.54, 1.807) is 0 Å². The number of piperidine rings is 2. The molecule has 0 aromatic rings. The number of hydrogen-bond donors (Lipinski definition) is 0. The Morgan fingerprint density at radius 3 is 1.17 bits per heavy atom. The topological polar surface area (TPSA) is 26.8 Å². The average Bonchev–Trinajstić information content (AvgIpc) is 3.21. The van der Waals surface area contributed by atoms with Crippen LogP contribution in [0.15, 0.2) is 0 Å². The summed E-state index contributed by atoms with van der Waals surface area (Å²) in [5.74, 6) is 0.347. The van der Waals surface area contributed by atoms with Gasteiger partial charge in [-0.2, -0.15) is 0 Å². The van der Waals surface area contributed by atoms with Crippen LogP contribution in [0.5, 0.6) is 0 Å². The van der Waals surface area contributed by atoms with E-state index < -0.39 is 0 Å². The molecule has 0 bridgehead atoms. The summed E-state index contributed by atoms with van der Waals surface area (Å²) in [6, 6.07) is 0. The first-order valence-corrected chi connectivity index (χ1v) is 15.4. The van der Waals surface area contributed by atoms with Crippen LogP contribution in [-0.4, -0.2) is 73.0 Å². The Labute approximate surface area is 226 Å². The van der Waals surface area contributed by atoms with Crippen LogP contribution in [-0.2, 0) is 4.79 Å². The monoisotopic (exact) mass is 508 g/mol. The van der Waals surface area contributed by atoms with Crippen molar-refractivity contribution >= 4 is 5.91 Å². The number of rotatable bonds is 6. The summed E-state index contributed by atoms with van der Waals surface area (Å²) in [6.45, 7) is 30.5. The maximum absolute atomic E-state index is 11.2. The first-order valence-electron chi connectivity index (χ1n) is 15.4. The largest absolute Gasteiger partial charge is 0.343 e. The van der Waals surface area contributed by atoms with Crippen LogP contribution in [0.2, 0.25) is 0 Å². The maximum Gasteiger partial charge on any atom is 0.222 e. The van der Waals surface area contributed by atoms with Crippen molar-refractivity contribution in [2.24, 2.45) is 16.2 Å². The molecule has 4 nitrogen and oxygen atoms in total. The molecule has 3 aliphatic rings. The Kier molecular flexibility index (Phi) is 15.2. The van der Waals surface area contributed by atoms with Gasteiger partial charge in [-0.05, 0) is 107 Å². The van der Waals surface area contributed by atoms with Gasteiger partial charge in [-0.3, -0.25) is 4.79 Å². The highest BCUT2D eigenvalue weighted by Gasteiger charge is 2.21. The van der Waals surface area contributed by atoms with Gasteiger partial charge in [0.05, 0.1) is 0 Å². The summed E-state index contributed by atoms with van der Waals surface area (Å²) >= 11 is 0. The number of amides is 1. The smallest absolute Gasteiger partial charge is 0.222 e. The normalized spacial score (nSPS) is 20.5. The number of carbonyl (C=O) groups is 1. The fourth-order valence-corrected chi connectivity index (χ4v) is 4.76. The van der Waals surface area contributed by atoms with Crippen molar-refractivity contribution in [3.05, 3.63) is 0 Å². The van der Waals surface area contributed by atoms with Crippen LogP contribution >= 0.6 is 0 Å². The van der Waals surface area contributed by atoms with Gasteiger partial charge >= 0.3 is 0 Å². The Morgan fingerprint density at radius 2 is 0.861 bits per heavy atom. The van der Waals surface area contributed by atoms with Gasteiger partial charge in [0.1, 0.15) is 0 Å². The van der Waals surface area contributed by atoms with Gasteiger partial charge in [0.25, 0.3) is 0 Å². The molecule has 0 aliphatic carbocycles. The van der Waals surface area contributed by atoms with E-state index >= 15 is 0 Å². The van der Waals surface area contributed by atoms with Crippen molar-refractivity contribution in [3.8, 4) is 0 Å². The third-order valence-electron chi connectivity index (χ3n) is 7.56. The molecule has 3 fully saturated rings. The first-order chi connectivity index (χ1) is 16.6. The first kappa shape index (κ1) is 33.4. The third kappa shape index (κ3) is 18.6. The molecule has 4 heteroatoms. The highest BCUT2D eigenvalue weighted by Crippen LogP contribution is 2.22. The zero-order valence-corrected chi connectivity index (χ0v) is 26.2. The lowest BCUT2D eigenvalue weighted by molar-refractivity contribution is -0.127. The molecule has 0 saturated carbocycles. The molecule has 3 saturated heterocycles. The second-order valence-corrected chi connectivity index (χ2v) is 15.2. The number of nitrogens with zero attached hydrogens (tertiary/aromatic N) is 3. The molecule has 3 aliphatic heterocycles. The van der Waals surface area contributed by atoms with Crippen molar-refractivity contribution < 1.29 is 4.79 Å². The van der Waals surface area contributed by atoms with Crippen molar-refractivity contribution in [3.63, 3.8) is 0 Å². The van der Waals surface area contributed by atoms with E-state index in [0.717, 1.165) is 32.4 Å². The van der Waals surface area contributed by atoms with Crippen molar-refractivity contribution in [2.75, 3.05) is 52.4 Å². The Hall–Kier alpha value is -0.610. The molecule has 1 amide bonds. The zero-order valence-electron chi connectivity index (χ0n) is 26.2. The van der Waals surface area contributed by atoms with Gasteiger partial charge in [-0.1, -0.05) is 75.2 Å². The molecule has 36 heavy (non-hydrogen) atoms. The lowest BCUT2D eigenvalue weighted by atomic mass is 9.92. The molecule has 0 spiro atoms. The minimum Gasteiger partial charge on any atom is -0.343 e. The summed E-state index contributed by atoms with van der Waals surface area (Å²) in [6.07, 6.45) is 14.2. The Bertz CT molecular complexity index is 538. The Morgan fingerprint density at radius 1 is 0.500 bits per heavy atom. The SMILES string of the molecule is CC(C)(C)CCN1CCCC1=O.CC(C)(C)CCN1CCCCC1.CC(C)(C)CCN1CCCCC1. The van der Waals surface area contributed by atoms with Gasteiger partial charge in [-0.25, -0.2) is 0 Å². The fraction of sp³-hybridized carbons (Fsp3) is 0.969. The fourth-order valence-electron chi connectivity index (χ4n) is 4.76. The summed E-state index contributed by atoms with van der Waals surface area (Å²) in [5.41, 5.74) is 1.37. The van der Waals surface area contributed by atoms with Crippen LogP contribution in [0.3, 0.4) is 0 Å². The van der Waals surface area contributed by atoms with Crippen molar-refractivity contribution in [2.45, 2.75) is 133 Å². The number of hydrogen-bond acceptors (Lipinski definition) is 3. The van der Waals surface area contributed by atoms with E-state index in [9.17, 15) is 4.79 Å². The second-order valence-electron chi connectivity index (χ2n) is 15.2. The summed E-state index contributed by atoms with van der Waals surface area (Å²) in [4.78, 5) is 18.4. The van der Waals surface area contributed by atoms with Crippen molar-refractivity contribution in [1.29, 1.82) is 0 Å². The van der Waals surface area contributed by atoms with Gasteiger partial charge in [-0.15, -0.1) is 0 Å². The highest BCUT2D eigenvalue weighted by atomic mass is 16.2. The average molecular weight is 508 g/mol. The van der Waals surface area contributed by atoms with Crippen LogP contribution in [0.4, 0.5) is 0 Å². The van der Waals surface area contributed by atoms with Crippen LogP contribution in [0.1, 0.15) is 133 Å². The Balaban J connectivity index is 0.000000270. The predicted octanol–water partition coefficient (Wildman–Crippen LogP) is 7.86. The van der Waals surface area contributed by atoms with E-state index in [2.05, 4.69) is 72.1 Å². The van der Waals surface area contributed by atoms with Crippen LogP contribution in [0, 0.1) is 16.2 Å². The second kappa shape index (κ2) is 16.4. The molecule has 214 valence electrons. The zero-order chi connectivity index (χ0) is 27.2. The maximum atomic E-state index is 11.2. The molecule has 0 aromatic heterocycles. The quantitative estimate of drug-likeness (QED) is 0.366. The van der Waals surface area contributed by atoms with Crippen molar-refractivity contribution in [1.82, 2.24) is 14.7 Å². The van der Waals surface area contributed by atoms with E-state index in [1.807, 2.05) is 4.90 Å². The standard InChI is InChI=1S/2C11H23N.C10H19NO/c2*1-11(2,3)7-10-12-8-5-4-6-9-12;1-10(2,3)6-8-11-7-4-5-9(11)12/h2*4-10H2,1-3H3;4-8H2,1-3H3. The van der Waals surface area contributed by atoms with Crippen LogP contribution < -0.4 is 0 Å². The predicted molar refractivity (Wildman–Crippen MR) is 159 cm³/mol. The molecule has 3 heterocycles. The van der Waals surface area contributed by atoms with Gasteiger partial charge in [0, 0.05) is 19.5 Å². The molecular weight excluding hydrogens is 442 g/mol. The minimum absolute atomic E-state index is 0.347. The molecule has 0 unspecified atom stereocenters. The number of carbonyl (C=O) groups excluding carboxylic acids is 1. The van der Waals surface area contributed by atoms with E-state index in [1.165, 1.54) is 90.6 Å². The summed E-state index contributed by atoms with van der Waals surface area (Å²) in [7, 11) is 0. The molecular formula is C32H65N3O. The molecule has 0 N–H and O–H groups in total. The van der Waals surface area contributed by atoms with E-state index in [-0.39, 0.29) is 0 Å². The summed E-state index contributed by atoms with van der Waals surface area (Å²) < 4.78 is 0. The molecule has 3 rings (SSSR count). The van der Waals surface area contributed by atoms with Gasteiger partial charge < -0.3 is 14.7 Å². The third-order valence-corrected chi connectivity index (χ3v) is 7.56. The summed E-state index contributed by atoms with van der Waals surface area (Å²) in [5, 5.41) is 0. The highest BCUT2D eigenvalue weighted by molar-refractivity contribution is 5.77. The number of likely N-dealkylation sites (tertiary alicyclic amines) is 3. The molecule has 0 aromatic carbocycles. The van der Waals surface area contributed by atoms with E-state index in [0.29, 0.717) is 22.2 Å². The molecule has 0 atom stereocenters. The van der Waals surface area contributed by atoms with E-state index in [4.69, 9.17) is 0 Å². The molecule has 0 radical (unpaired) electrons.